The van der Waals surface area contributed by atoms with Gasteiger partial charge in [0.1, 0.15) is 0 Å². The van der Waals surface area contributed by atoms with Crippen molar-refractivity contribution in [1.29, 1.82) is 0 Å². The molecule has 2 N–H and O–H groups in total. The highest BCUT2D eigenvalue weighted by Gasteiger charge is 2.07. The van der Waals surface area contributed by atoms with Gasteiger partial charge in [-0.1, -0.05) is 29.5 Å². The van der Waals surface area contributed by atoms with Crippen molar-refractivity contribution in [1.82, 2.24) is 20.3 Å². The standard InChI is InChI=1S/C14H18N4O2/c1-11-4-2-3-5-12(11)6-7-15-8-9-18-10-13(14(19)20)16-17-18/h2-5,10,15H,6-9H2,1H3,(H,19,20). The average molecular weight is 274 g/mol. The summed E-state index contributed by atoms with van der Waals surface area (Å²) in [6.45, 7) is 4.33. The van der Waals surface area contributed by atoms with Gasteiger partial charge in [-0.05, 0) is 31.0 Å². The Labute approximate surface area is 117 Å². The Bertz CT molecular complexity index is 580. The summed E-state index contributed by atoms with van der Waals surface area (Å²) >= 11 is 0. The minimum atomic E-state index is -1.05. The highest BCUT2D eigenvalue weighted by atomic mass is 16.4. The van der Waals surface area contributed by atoms with Crippen LogP contribution in [0.2, 0.25) is 0 Å². The number of aryl methyl sites for hydroxylation is 1. The molecule has 1 heterocycles. The van der Waals surface area contributed by atoms with Crippen LogP contribution in [0.25, 0.3) is 0 Å². The van der Waals surface area contributed by atoms with E-state index in [-0.39, 0.29) is 5.69 Å². The molecule has 0 aliphatic rings. The fraction of sp³-hybridized carbons (Fsp3) is 0.357. The molecule has 2 rings (SSSR count). The van der Waals surface area contributed by atoms with Crippen LogP contribution in [0.15, 0.2) is 30.5 Å². The summed E-state index contributed by atoms with van der Waals surface area (Å²) in [5.41, 5.74) is 2.62. The van der Waals surface area contributed by atoms with Gasteiger partial charge in [0.15, 0.2) is 5.69 Å². The van der Waals surface area contributed by atoms with Crippen molar-refractivity contribution in [2.24, 2.45) is 0 Å². The van der Waals surface area contributed by atoms with Crippen molar-refractivity contribution in [2.45, 2.75) is 19.9 Å². The van der Waals surface area contributed by atoms with Crippen molar-refractivity contribution >= 4 is 5.97 Å². The highest BCUT2D eigenvalue weighted by Crippen LogP contribution is 2.06. The van der Waals surface area contributed by atoms with Crippen LogP contribution in [0, 0.1) is 6.92 Å². The largest absolute Gasteiger partial charge is 0.476 e. The molecule has 0 fully saturated rings. The number of carbonyl (C=O) groups is 1. The molecule has 0 bridgehead atoms. The van der Waals surface area contributed by atoms with Gasteiger partial charge in [0, 0.05) is 6.54 Å². The Morgan fingerprint density at radius 2 is 2.15 bits per heavy atom. The molecule has 20 heavy (non-hydrogen) atoms. The van der Waals surface area contributed by atoms with Crippen molar-refractivity contribution < 1.29 is 9.90 Å². The number of aromatic nitrogens is 3. The first-order valence-electron chi connectivity index (χ1n) is 6.55. The third-order valence-electron chi connectivity index (χ3n) is 3.11. The summed E-state index contributed by atoms with van der Waals surface area (Å²) in [4.78, 5) is 10.6. The maximum Gasteiger partial charge on any atom is 0.358 e. The van der Waals surface area contributed by atoms with Crippen LogP contribution < -0.4 is 5.32 Å². The highest BCUT2D eigenvalue weighted by molar-refractivity contribution is 5.84. The Kier molecular flexibility index (Phi) is 4.84. The molecule has 2 aromatic rings. The fourth-order valence-electron chi connectivity index (χ4n) is 1.94. The van der Waals surface area contributed by atoms with Gasteiger partial charge in [-0.2, -0.15) is 0 Å². The van der Waals surface area contributed by atoms with Crippen LogP contribution in [0.5, 0.6) is 0 Å². The monoisotopic (exact) mass is 274 g/mol. The van der Waals surface area contributed by atoms with Crippen LogP contribution in [0.4, 0.5) is 0 Å². The van der Waals surface area contributed by atoms with Gasteiger partial charge in [-0.15, -0.1) is 5.10 Å². The Balaban J connectivity index is 1.69. The van der Waals surface area contributed by atoms with Crippen molar-refractivity contribution in [3.63, 3.8) is 0 Å². The molecule has 106 valence electrons. The second-order valence-electron chi connectivity index (χ2n) is 4.60. The minimum Gasteiger partial charge on any atom is -0.476 e. The van der Waals surface area contributed by atoms with Gasteiger partial charge in [-0.3, -0.25) is 4.68 Å². The number of aromatic carboxylic acids is 1. The topological polar surface area (TPSA) is 80.0 Å². The van der Waals surface area contributed by atoms with E-state index >= 15 is 0 Å². The number of carboxylic acid groups (broad SMARTS) is 1. The maximum atomic E-state index is 10.6. The number of rotatable bonds is 7. The smallest absolute Gasteiger partial charge is 0.358 e. The lowest BCUT2D eigenvalue weighted by molar-refractivity contribution is 0.0690. The van der Waals surface area contributed by atoms with E-state index in [1.54, 1.807) is 0 Å². The van der Waals surface area contributed by atoms with Gasteiger partial charge in [0.2, 0.25) is 0 Å². The lowest BCUT2D eigenvalue weighted by Crippen LogP contribution is -2.22. The quantitative estimate of drug-likeness (QED) is 0.739. The Morgan fingerprint density at radius 3 is 2.85 bits per heavy atom. The van der Waals surface area contributed by atoms with Crippen LogP contribution in [-0.2, 0) is 13.0 Å². The first-order chi connectivity index (χ1) is 9.66. The van der Waals surface area contributed by atoms with Gasteiger partial charge < -0.3 is 10.4 Å². The number of hydrogen-bond donors (Lipinski definition) is 2. The summed E-state index contributed by atoms with van der Waals surface area (Å²) in [5.74, 6) is -1.05. The zero-order chi connectivity index (χ0) is 14.4. The zero-order valence-corrected chi connectivity index (χ0v) is 11.4. The molecule has 0 saturated carbocycles. The Morgan fingerprint density at radius 1 is 1.35 bits per heavy atom. The second kappa shape index (κ2) is 6.81. The van der Waals surface area contributed by atoms with E-state index in [1.165, 1.54) is 22.0 Å². The van der Waals surface area contributed by atoms with Crippen LogP contribution in [0.1, 0.15) is 21.6 Å². The SMILES string of the molecule is Cc1ccccc1CCNCCn1cc(C(=O)O)nn1. The molecule has 0 amide bonds. The number of carboxylic acids is 1. The van der Waals surface area contributed by atoms with Crippen LogP contribution >= 0.6 is 0 Å². The molecule has 1 aromatic carbocycles. The van der Waals surface area contributed by atoms with Gasteiger partial charge in [0.25, 0.3) is 0 Å². The lowest BCUT2D eigenvalue weighted by Gasteiger charge is -2.07. The summed E-state index contributed by atoms with van der Waals surface area (Å²) in [6.07, 6.45) is 2.41. The fourth-order valence-corrected chi connectivity index (χ4v) is 1.94. The van der Waals surface area contributed by atoms with E-state index in [9.17, 15) is 4.79 Å². The molecule has 0 aliphatic carbocycles. The first-order valence-corrected chi connectivity index (χ1v) is 6.55. The molecule has 0 unspecified atom stereocenters. The molecular weight excluding hydrogens is 256 g/mol. The zero-order valence-electron chi connectivity index (χ0n) is 11.4. The molecule has 0 radical (unpaired) electrons. The van der Waals surface area contributed by atoms with Gasteiger partial charge in [-0.25, -0.2) is 4.79 Å². The summed E-state index contributed by atoms with van der Waals surface area (Å²) in [7, 11) is 0. The number of hydrogen-bond acceptors (Lipinski definition) is 4. The van der Waals surface area contributed by atoms with Gasteiger partial charge in [0.05, 0.1) is 12.7 Å². The minimum absolute atomic E-state index is 0.0232. The van der Waals surface area contributed by atoms with E-state index in [0.29, 0.717) is 6.54 Å². The molecule has 6 heteroatoms. The molecule has 0 atom stereocenters. The summed E-state index contributed by atoms with van der Waals surface area (Å²) < 4.78 is 1.53. The number of nitrogens with one attached hydrogen (secondary N) is 1. The van der Waals surface area contributed by atoms with E-state index < -0.39 is 5.97 Å². The molecule has 1 aromatic heterocycles. The normalized spacial score (nSPS) is 10.7. The first kappa shape index (κ1) is 14.2. The summed E-state index contributed by atoms with van der Waals surface area (Å²) in [6, 6.07) is 8.33. The average Bonchev–Trinajstić information content (AvgIpc) is 2.89. The van der Waals surface area contributed by atoms with Crippen molar-refractivity contribution in [3.8, 4) is 0 Å². The predicted molar refractivity (Wildman–Crippen MR) is 74.7 cm³/mol. The van der Waals surface area contributed by atoms with E-state index in [2.05, 4.69) is 34.7 Å². The predicted octanol–water partition coefficient (Wildman–Crippen LogP) is 1.12. The van der Waals surface area contributed by atoms with Crippen molar-refractivity contribution in [3.05, 3.63) is 47.3 Å². The van der Waals surface area contributed by atoms with Crippen LogP contribution in [-0.4, -0.2) is 39.2 Å². The van der Waals surface area contributed by atoms with Crippen molar-refractivity contribution in [2.75, 3.05) is 13.1 Å². The summed E-state index contributed by atoms with van der Waals surface area (Å²) in [5, 5.41) is 19.4. The van der Waals surface area contributed by atoms with E-state index in [4.69, 9.17) is 5.11 Å². The number of benzene rings is 1. The van der Waals surface area contributed by atoms with E-state index in [1.807, 2.05) is 12.1 Å². The van der Waals surface area contributed by atoms with Gasteiger partial charge >= 0.3 is 5.97 Å². The second-order valence-corrected chi connectivity index (χ2v) is 4.60. The molecule has 0 spiro atoms. The molecule has 0 saturated heterocycles. The van der Waals surface area contributed by atoms with Crippen LogP contribution in [0.3, 0.4) is 0 Å². The van der Waals surface area contributed by atoms with E-state index in [0.717, 1.165) is 19.5 Å². The lowest BCUT2D eigenvalue weighted by atomic mass is 10.1. The molecular formula is C14H18N4O2. The third kappa shape index (κ3) is 3.89. The third-order valence-corrected chi connectivity index (χ3v) is 3.11. The Hall–Kier alpha value is -2.21. The maximum absolute atomic E-state index is 10.6. The molecule has 6 nitrogen and oxygen atoms in total. The molecule has 0 aliphatic heterocycles. The number of nitrogens with zero attached hydrogens (tertiary/aromatic N) is 3.